The molecule has 0 amide bonds. The number of hydrogen-bond donors (Lipinski definition) is 0. The zero-order chi connectivity index (χ0) is 39.2. The molecule has 0 radical (unpaired) electrons. The molecule has 0 aliphatic heterocycles. The number of nitrogens with zero attached hydrogens (tertiary/aromatic N) is 1. The van der Waals surface area contributed by atoms with Crippen LogP contribution in [0, 0.1) is 20.8 Å². The molecule has 0 N–H and O–H groups in total. The van der Waals surface area contributed by atoms with E-state index >= 15 is 0 Å². The third-order valence-electron chi connectivity index (χ3n) is 11.8. The highest BCUT2D eigenvalue weighted by atomic mass is 15.0. The number of para-hydroxylation sites is 2. The molecule has 10 aromatic carbocycles. The summed E-state index contributed by atoms with van der Waals surface area (Å²) in [4.78, 5) is 0. The van der Waals surface area contributed by atoms with Crippen molar-refractivity contribution in [3.8, 4) is 39.1 Å². The van der Waals surface area contributed by atoms with Crippen LogP contribution in [0.3, 0.4) is 0 Å². The van der Waals surface area contributed by atoms with E-state index in [1.54, 1.807) is 0 Å². The minimum absolute atomic E-state index is 1.21. The molecule has 0 aliphatic rings. The summed E-state index contributed by atoms with van der Waals surface area (Å²) < 4.78 is 2.34. The summed E-state index contributed by atoms with van der Waals surface area (Å²) in [6.45, 7) is 6.54. The Morgan fingerprint density at radius 3 is 1.50 bits per heavy atom. The molecule has 11 aromatic rings. The zero-order valence-electron chi connectivity index (χ0n) is 33.1. The third-order valence-corrected chi connectivity index (χ3v) is 11.8. The molecule has 1 heteroatoms. The van der Waals surface area contributed by atoms with Crippen molar-refractivity contribution in [2.75, 3.05) is 0 Å². The maximum atomic E-state index is 2.37. The fourth-order valence-corrected chi connectivity index (χ4v) is 8.87. The molecule has 1 nitrogen and oxygen atoms in total. The van der Waals surface area contributed by atoms with Crippen LogP contribution >= 0.6 is 0 Å². The number of rotatable bonds is 4. The molecule has 276 valence electrons. The van der Waals surface area contributed by atoms with E-state index in [1.165, 1.54) is 110 Å². The Morgan fingerprint density at radius 2 is 0.793 bits per heavy atom. The monoisotopic (exact) mass is 741 g/mol. The van der Waals surface area contributed by atoms with Crippen LogP contribution in [0.15, 0.2) is 206 Å². The first-order valence-electron chi connectivity index (χ1n) is 20.2. The van der Waals surface area contributed by atoms with Gasteiger partial charge >= 0.3 is 0 Å². The van der Waals surface area contributed by atoms with Gasteiger partial charge in [0.15, 0.2) is 0 Å². The van der Waals surface area contributed by atoms with Gasteiger partial charge in [-0.2, -0.15) is 0 Å². The standard InChI is InChI=1S/C38H28.C19H15N/c1-25-10-3-4-13-31(25)37-23-29(19-18-26(37)2)27-11-9-12-28(22-27)30-20-21-36-34-16-6-5-14-32(34)33-15-7-8-17-35(33)38(36)24-30;1-14-11-12-19-17(13-14)16-9-5-6-10-18(16)20(19)15-7-3-2-4-8-15/h3-24H,1-2H3;2-13H,1H3. The second kappa shape index (κ2) is 14.7. The molecule has 0 unspecified atom stereocenters. The lowest BCUT2D eigenvalue weighted by Crippen LogP contribution is -1.92. The highest BCUT2D eigenvalue weighted by molar-refractivity contribution is 6.25. The van der Waals surface area contributed by atoms with Crippen LogP contribution in [0.2, 0.25) is 0 Å². The quantitative estimate of drug-likeness (QED) is 0.158. The van der Waals surface area contributed by atoms with Crippen molar-refractivity contribution >= 4 is 54.1 Å². The maximum Gasteiger partial charge on any atom is 0.0541 e. The summed E-state index contributed by atoms with van der Waals surface area (Å²) in [6.07, 6.45) is 0. The van der Waals surface area contributed by atoms with Crippen molar-refractivity contribution in [1.29, 1.82) is 0 Å². The molecule has 0 atom stereocenters. The van der Waals surface area contributed by atoms with Gasteiger partial charge in [-0.1, -0.05) is 163 Å². The van der Waals surface area contributed by atoms with Gasteiger partial charge in [-0.25, -0.2) is 0 Å². The van der Waals surface area contributed by atoms with Gasteiger partial charge in [-0.05, 0) is 146 Å². The van der Waals surface area contributed by atoms with Crippen molar-refractivity contribution in [1.82, 2.24) is 4.57 Å². The molecular formula is C57H43N. The van der Waals surface area contributed by atoms with Gasteiger partial charge in [-0.3, -0.25) is 0 Å². The second-order valence-electron chi connectivity index (χ2n) is 15.5. The second-order valence-corrected chi connectivity index (χ2v) is 15.5. The number of aromatic nitrogens is 1. The van der Waals surface area contributed by atoms with E-state index in [2.05, 4.69) is 232 Å². The van der Waals surface area contributed by atoms with E-state index in [-0.39, 0.29) is 0 Å². The van der Waals surface area contributed by atoms with E-state index in [0.717, 1.165) is 0 Å². The Labute approximate surface area is 340 Å². The van der Waals surface area contributed by atoms with Crippen LogP contribution < -0.4 is 0 Å². The first-order chi connectivity index (χ1) is 28.5. The van der Waals surface area contributed by atoms with Crippen LogP contribution in [0.25, 0.3) is 93.2 Å². The highest BCUT2D eigenvalue weighted by Crippen LogP contribution is 2.39. The summed E-state index contributed by atoms with van der Waals surface area (Å²) in [5.74, 6) is 0. The zero-order valence-corrected chi connectivity index (χ0v) is 33.1. The van der Waals surface area contributed by atoms with Crippen LogP contribution in [0.5, 0.6) is 0 Å². The Kier molecular flexibility index (Phi) is 8.92. The molecular weight excluding hydrogens is 699 g/mol. The summed E-state index contributed by atoms with van der Waals surface area (Å²) >= 11 is 0. The van der Waals surface area contributed by atoms with Crippen LogP contribution in [-0.2, 0) is 0 Å². The van der Waals surface area contributed by atoms with Crippen molar-refractivity contribution in [2.45, 2.75) is 20.8 Å². The van der Waals surface area contributed by atoms with Gasteiger partial charge in [0, 0.05) is 16.5 Å². The van der Waals surface area contributed by atoms with Gasteiger partial charge < -0.3 is 4.57 Å². The third kappa shape index (κ3) is 6.22. The average molecular weight is 742 g/mol. The molecule has 0 fully saturated rings. The summed E-state index contributed by atoms with van der Waals surface area (Å²) in [7, 11) is 0. The fraction of sp³-hybridized carbons (Fsp3) is 0.0526. The van der Waals surface area contributed by atoms with E-state index in [0.29, 0.717) is 0 Å². The predicted octanol–water partition coefficient (Wildman–Crippen LogP) is 15.9. The van der Waals surface area contributed by atoms with Gasteiger partial charge in [0.2, 0.25) is 0 Å². The van der Waals surface area contributed by atoms with Gasteiger partial charge in [0.05, 0.1) is 11.0 Å². The molecule has 0 spiro atoms. The van der Waals surface area contributed by atoms with Crippen LogP contribution in [0.1, 0.15) is 16.7 Å². The van der Waals surface area contributed by atoms with E-state index in [4.69, 9.17) is 0 Å². The summed E-state index contributed by atoms with van der Waals surface area (Å²) in [5.41, 5.74) is 15.2. The number of benzene rings is 10. The molecule has 0 saturated heterocycles. The minimum Gasteiger partial charge on any atom is -0.309 e. The fourth-order valence-electron chi connectivity index (χ4n) is 8.87. The molecule has 1 heterocycles. The average Bonchev–Trinajstić information content (AvgIpc) is 3.61. The SMILES string of the molecule is Cc1ccc2c(c1)c1ccccc1n2-c1ccccc1.Cc1ccccc1-c1cc(-c2cccc(-c3ccc4c5ccccc5c5ccccc5c4c3)c2)ccc1C. The van der Waals surface area contributed by atoms with Gasteiger partial charge in [-0.15, -0.1) is 0 Å². The Bertz CT molecular complexity index is 3280. The molecule has 1 aromatic heterocycles. The normalized spacial score (nSPS) is 11.4. The highest BCUT2D eigenvalue weighted by Gasteiger charge is 2.13. The molecule has 0 bridgehead atoms. The van der Waals surface area contributed by atoms with Crippen LogP contribution in [-0.4, -0.2) is 4.57 Å². The Morgan fingerprint density at radius 1 is 0.276 bits per heavy atom. The molecule has 58 heavy (non-hydrogen) atoms. The van der Waals surface area contributed by atoms with Gasteiger partial charge in [0.25, 0.3) is 0 Å². The summed E-state index contributed by atoms with van der Waals surface area (Å²) in [6, 6.07) is 74.8. The van der Waals surface area contributed by atoms with E-state index in [1.807, 2.05) is 0 Å². The first kappa shape index (κ1) is 35.2. The topological polar surface area (TPSA) is 4.93 Å². The molecule has 0 saturated carbocycles. The molecule has 0 aliphatic carbocycles. The predicted molar refractivity (Wildman–Crippen MR) is 250 cm³/mol. The Hall–Kier alpha value is -7.22. The lowest BCUT2D eigenvalue weighted by atomic mass is 9.90. The minimum atomic E-state index is 1.21. The smallest absolute Gasteiger partial charge is 0.0541 e. The van der Waals surface area contributed by atoms with E-state index in [9.17, 15) is 0 Å². The summed E-state index contributed by atoms with van der Waals surface area (Å²) in [5, 5.41) is 10.5. The number of fused-ring (bicyclic) bond motifs is 9. The van der Waals surface area contributed by atoms with Crippen LogP contribution in [0.4, 0.5) is 0 Å². The maximum absolute atomic E-state index is 2.37. The largest absolute Gasteiger partial charge is 0.309 e. The lowest BCUT2D eigenvalue weighted by Gasteiger charge is -2.14. The van der Waals surface area contributed by atoms with Crippen molar-refractivity contribution in [2.24, 2.45) is 0 Å². The van der Waals surface area contributed by atoms with E-state index < -0.39 is 0 Å². The first-order valence-corrected chi connectivity index (χ1v) is 20.2. The van der Waals surface area contributed by atoms with Gasteiger partial charge in [0.1, 0.15) is 0 Å². The Balaban J connectivity index is 0.000000171. The number of hydrogen-bond acceptors (Lipinski definition) is 0. The van der Waals surface area contributed by atoms with Crippen molar-refractivity contribution in [3.05, 3.63) is 223 Å². The van der Waals surface area contributed by atoms with Crippen molar-refractivity contribution in [3.63, 3.8) is 0 Å². The number of aryl methyl sites for hydroxylation is 3. The molecule has 11 rings (SSSR count). The van der Waals surface area contributed by atoms with Crippen molar-refractivity contribution < 1.29 is 0 Å². The lowest BCUT2D eigenvalue weighted by molar-refractivity contribution is 1.18.